The van der Waals surface area contributed by atoms with Crippen LogP contribution in [0.15, 0.2) is 0 Å². The Kier molecular flexibility index (Phi) is 9.00. The zero-order valence-electron chi connectivity index (χ0n) is 13.1. The molecule has 140 valence electrons. The van der Waals surface area contributed by atoms with Crippen molar-refractivity contribution in [2.75, 3.05) is 14.2 Å². The fraction of sp³-hybridized carbons (Fsp3) is 0.500. The van der Waals surface area contributed by atoms with Gasteiger partial charge in [0.05, 0.1) is 27.1 Å². The van der Waals surface area contributed by atoms with Crippen LogP contribution >= 0.6 is 0 Å². The maximum atomic E-state index is 11.8. The van der Waals surface area contributed by atoms with Crippen LogP contribution in [0.3, 0.4) is 0 Å². The summed E-state index contributed by atoms with van der Waals surface area (Å²) in [5.74, 6) is -5.97. The highest BCUT2D eigenvalue weighted by molar-refractivity contribution is 5.96. The molecule has 0 aromatic carbocycles. The molecule has 25 heavy (non-hydrogen) atoms. The molecule has 0 fully saturated rings. The zero-order chi connectivity index (χ0) is 19.6. The highest BCUT2D eigenvalue weighted by Crippen LogP contribution is 2.03. The van der Waals surface area contributed by atoms with Crippen LogP contribution < -0.4 is 10.6 Å². The number of hydrogen-bond acceptors (Lipinski definition) is 9. The summed E-state index contributed by atoms with van der Waals surface area (Å²) < 4.78 is 12.7. The van der Waals surface area contributed by atoms with Crippen LogP contribution in [-0.4, -0.2) is 72.6 Å². The molecular formula is C12H16N2O11. The Morgan fingerprint density at radius 2 is 1.08 bits per heavy atom. The summed E-state index contributed by atoms with van der Waals surface area (Å²) in [4.78, 5) is 67.2. The Bertz CT molecular complexity index is 511. The van der Waals surface area contributed by atoms with E-state index in [1.165, 1.54) is 0 Å². The number of aliphatic carboxylic acids is 2. The molecule has 0 saturated carbocycles. The summed E-state index contributed by atoms with van der Waals surface area (Å²) in [6.45, 7) is 0. The average Bonchev–Trinajstić information content (AvgIpc) is 2.52. The van der Waals surface area contributed by atoms with E-state index in [0.29, 0.717) is 0 Å². The molecule has 0 bridgehead atoms. The molecule has 0 heterocycles. The van der Waals surface area contributed by atoms with E-state index < -0.39 is 61.0 Å². The molecule has 2 amide bonds. The van der Waals surface area contributed by atoms with Crippen molar-refractivity contribution in [1.29, 1.82) is 0 Å². The standard InChI is InChI=1S/C12H16N2O11/c1-23-11(21)13-5(3-7(15)16)9(19)25-10(20)6(4-8(17)18)14-12(22)24-2/h5-6H,3-4H2,1-2H3,(H,13,21)(H,14,22)(H,15,16)(H,17,18). The van der Waals surface area contributed by atoms with Gasteiger partial charge in [0.25, 0.3) is 0 Å². The molecular weight excluding hydrogens is 348 g/mol. The third-order valence-electron chi connectivity index (χ3n) is 2.48. The lowest BCUT2D eigenvalue weighted by atomic mass is 10.2. The van der Waals surface area contributed by atoms with Gasteiger partial charge in [-0.15, -0.1) is 0 Å². The van der Waals surface area contributed by atoms with Gasteiger partial charge in [-0.05, 0) is 0 Å². The van der Waals surface area contributed by atoms with Gasteiger partial charge in [0, 0.05) is 0 Å². The molecule has 0 radical (unpaired) electrons. The molecule has 0 aromatic heterocycles. The molecule has 0 saturated heterocycles. The molecule has 13 nitrogen and oxygen atoms in total. The maximum absolute atomic E-state index is 11.8. The van der Waals surface area contributed by atoms with E-state index in [0.717, 1.165) is 14.2 Å². The van der Waals surface area contributed by atoms with E-state index in [2.05, 4.69) is 14.2 Å². The Morgan fingerprint density at radius 1 is 0.760 bits per heavy atom. The number of rotatable bonds is 8. The molecule has 0 spiro atoms. The number of hydrogen-bond donors (Lipinski definition) is 4. The predicted molar refractivity (Wildman–Crippen MR) is 74.3 cm³/mol. The van der Waals surface area contributed by atoms with E-state index in [9.17, 15) is 28.8 Å². The van der Waals surface area contributed by atoms with Crippen LogP contribution in [-0.2, 0) is 33.4 Å². The number of alkyl carbamates (subject to hydrolysis) is 2. The van der Waals surface area contributed by atoms with Gasteiger partial charge in [0.2, 0.25) is 0 Å². The van der Waals surface area contributed by atoms with Crippen LogP contribution in [0.1, 0.15) is 12.8 Å². The number of carboxylic acid groups (broad SMARTS) is 2. The van der Waals surface area contributed by atoms with Crippen LogP contribution in [0.2, 0.25) is 0 Å². The van der Waals surface area contributed by atoms with Gasteiger partial charge in [-0.1, -0.05) is 0 Å². The summed E-state index contributed by atoms with van der Waals surface area (Å²) >= 11 is 0. The van der Waals surface area contributed by atoms with Crippen molar-refractivity contribution in [3.05, 3.63) is 0 Å². The fourth-order valence-corrected chi connectivity index (χ4v) is 1.38. The smallest absolute Gasteiger partial charge is 0.407 e. The van der Waals surface area contributed by atoms with E-state index >= 15 is 0 Å². The molecule has 0 aliphatic rings. The Hall–Kier alpha value is -3.38. The van der Waals surface area contributed by atoms with E-state index in [1.807, 2.05) is 10.6 Å². The second-order valence-electron chi connectivity index (χ2n) is 4.31. The van der Waals surface area contributed by atoms with Gasteiger partial charge in [-0.3, -0.25) is 9.59 Å². The minimum Gasteiger partial charge on any atom is -0.481 e. The topological polar surface area (TPSA) is 195 Å². The fourth-order valence-electron chi connectivity index (χ4n) is 1.38. The SMILES string of the molecule is COC(=O)NC(CC(=O)O)C(=O)OC(=O)C(CC(=O)O)NC(=O)OC. The largest absolute Gasteiger partial charge is 0.481 e. The minimum atomic E-state index is -1.78. The molecule has 0 aliphatic heterocycles. The van der Waals surface area contributed by atoms with Gasteiger partial charge >= 0.3 is 36.1 Å². The molecule has 2 atom stereocenters. The minimum absolute atomic E-state index is 0.935. The second kappa shape index (κ2) is 10.4. The zero-order valence-corrected chi connectivity index (χ0v) is 13.1. The van der Waals surface area contributed by atoms with Crippen LogP contribution in [0.25, 0.3) is 0 Å². The summed E-state index contributed by atoms with van der Waals surface area (Å²) in [5, 5.41) is 21.1. The molecule has 2 unspecified atom stereocenters. The first-order chi connectivity index (χ1) is 11.6. The number of carbonyl (C=O) groups excluding carboxylic acids is 4. The Balaban J connectivity index is 5.09. The predicted octanol–water partition coefficient (Wildman–Crippen LogP) is -1.55. The third-order valence-corrected chi connectivity index (χ3v) is 2.48. The lowest BCUT2D eigenvalue weighted by Crippen LogP contribution is -2.48. The molecule has 0 rings (SSSR count). The van der Waals surface area contributed by atoms with Gasteiger partial charge in [-0.25, -0.2) is 19.2 Å². The maximum Gasteiger partial charge on any atom is 0.407 e. The normalized spacial score (nSPS) is 12.1. The van der Waals surface area contributed by atoms with Crippen LogP contribution in [0.4, 0.5) is 9.59 Å². The quantitative estimate of drug-likeness (QED) is 0.221. The average molecular weight is 364 g/mol. The second-order valence-corrected chi connectivity index (χ2v) is 4.31. The number of carbonyl (C=O) groups is 6. The van der Waals surface area contributed by atoms with Gasteiger partial charge < -0.3 is 35.1 Å². The van der Waals surface area contributed by atoms with E-state index in [1.54, 1.807) is 0 Å². The molecule has 0 aromatic rings. The lowest BCUT2D eigenvalue weighted by molar-refractivity contribution is -0.165. The Labute approximate surface area is 140 Å². The van der Waals surface area contributed by atoms with Crippen molar-refractivity contribution in [3.8, 4) is 0 Å². The van der Waals surface area contributed by atoms with Gasteiger partial charge in [-0.2, -0.15) is 0 Å². The summed E-state index contributed by atoms with van der Waals surface area (Å²) in [7, 11) is 1.90. The van der Waals surface area contributed by atoms with Gasteiger partial charge in [0.1, 0.15) is 12.1 Å². The van der Waals surface area contributed by atoms with Gasteiger partial charge in [0.15, 0.2) is 0 Å². The van der Waals surface area contributed by atoms with Crippen molar-refractivity contribution in [1.82, 2.24) is 10.6 Å². The van der Waals surface area contributed by atoms with Crippen molar-refractivity contribution in [2.45, 2.75) is 24.9 Å². The molecule has 0 aliphatic carbocycles. The van der Waals surface area contributed by atoms with E-state index in [4.69, 9.17) is 10.2 Å². The Morgan fingerprint density at radius 3 is 1.32 bits per heavy atom. The number of amides is 2. The highest BCUT2D eigenvalue weighted by atomic mass is 16.6. The number of esters is 2. The lowest BCUT2D eigenvalue weighted by Gasteiger charge is -2.17. The van der Waals surface area contributed by atoms with Crippen molar-refractivity contribution < 1.29 is 53.2 Å². The van der Waals surface area contributed by atoms with Crippen LogP contribution in [0.5, 0.6) is 0 Å². The van der Waals surface area contributed by atoms with Crippen molar-refractivity contribution in [3.63, 3.8) is 0 Å². The van der Waals surface area contributed by atoms with E-state index in [-0.39, 0.29) is 0 Å². The summed E-state index contributed by atoms with van der Waals surface area (Å²) in [6.07, 6.45) is -4.19. The number of ether oxygens (including phenoxy) is 3. The van der Waals surface area contributed by atoms with Crippen molar-refractivity contribution >= 4 is 36.1 Å². The van der Waals surface area contributed by atoms with Crippen molar-refractivity contribution in [2.24, 2.45) is 0 Å². The number of nitrogens with one attached hydrogen (secondary N) is 2. The first-order valence-corrected chi connectivity index (χ1v) is 6.48. The number of methoxy groups -OCH3 is 2. The van der Waals surface area contributed by atoms with Crippen LogP contribution in [0, 0.1) is 0 Å². The summed E-state index contributed by atoms with van der Waals surface area (Å²) in [6, 6.07) is -3.56. The number of carboxylic acids is 2. The monoisotopic (exact) mass is 364 g/mol. The third kappa shape index (κ3) is 8.73. The molecule has 4 N–H and O–H groups in total. The summed E-state index contributed by atoms with van der Waals surface area (Å²) in [5.41, 5.74) is 0. The molecule has 13 heteroatoms. The highest BCUT2D eigenvalue weighted by Gasteiger charge is 2.32. The first kappa shape index (κ1) is 21.6. The first-order valence-electron chi connectivity index (χ1n) is 6.48.